The van der Waals surface area contributed by atoms with Gasteiger partial charge >= 0.3 is 0 Å². The third-order valence-electron chi connectivity index (χ3n) is 4.86. The van der Waals surface area contributed by atoms with Gasteiger partial charge in [-0.05, 0) is 56.9 Å². The SMILES string of the molecule is CNCc1cccc2ccn(CCC3CCCCN3C)c12. The molecule has 2 aromatic rings. The number of likely N-dealkylation sites (tertiary alicyclic amines) is 1. The summed E-state index contributed by atoms with van der Waals surface area (Å²) in [6.07, 6.45) is 7.64. The summed E-state index contributed by atoms with van der Waals surface area (Å²) in [5.41, 5.74) is 2.81. The molecule has 0 aliphatic carbocycles. The van der Waals surface area contributed by atoms with Gasteiger partial charge < -0.3 is 14.8 Å². The Kier molecular flexibility index (Phi) is 4.61. The van der Waals surface area contributed by atoms with Crippen molar-refractivity contribution >= 4 is 10.9 Å². The molecule has 2 heterocycles. The van der Waals surface area contributed by atoms with E-state index in [9.17, 15) is 0 Å². The van der Waals surface area contributed by atoms with Gasteiger partial charge in [0, 0.05) is 25.3 Å². The second-order valence-electron chi connectivity index (χ2n) is 6.31. The number of aromatic nitrogens is 1. The number of benzene rings is 1. The minimum atomic E-state index is 0.757. The van der Waals surface area contributed by atoms with Gasteiger partial charge in [0.05, 0.1) is 5.52 Å². The lowest BCUT2D eigenvalue weighted by Crippen LogP contribution is -2.36. The van der Waals surface area contributed by atoms with E-state index in [1.165, 1.54) is 48.7 Å². The van der Waals surface area contributed by atoms with Crippen molar-refractivity contribution in [3.8, 4) is 0 Å². The highest BCUT2D eigenvalue weighted by atomic mass is 15.1. The van der Waals surface area contributed by atoms with Crippen molar-refractivity contribution in [1.29, 1.82) is 0 Å². The molecule has 1 unspecified atom stereocenters. The van der Waals surface area contributed by atoms with E-state index in [1.54, 1.807) is 0 Å². The molecule has 0 saturated carbocycles. The van der Waals surface area contributed by atoms with Gasteiger partial charge in [0.1, 0.15) is 0 Å². The molecule has 3 rings (SSSR count). The first-order chi connectivity index (χ1) is 10.3. The summed E-state index contributed by atoms with van der Waals surface area (Å²) in [6, 6.07) is 9.63. The van der Waals surface area contributed by atoms with Crippen molar-refractivity contribution in [2.45, 2.75) is 44.8 Å². The average molecular weight is 285 g/mol. The molecule has 1 aliphatic heterocycles. The molecule has 1 N–H and O–H groups in total. The Morgan fingerprint density at radius 2 is 2.14 bits per heavy atom. The van der Waals surface area contributed by atoms with E-state index in [-0.39, 0.29) is 0 Å². The van der Waals surface area contributed by atoms with Crippen LogP contribution in [-0.2, 0) is 13.1 Å². The lowest BCUT2D eigenvalue weighted by Gasteiger charge is -2.32. The lowest BCUT2D eigenvalue weighted by molar-refractivity contribution is 0.171. The maximum absolute atomic E-state index is 3.28. The first-order valence-electron chi connectivity index (χ1n) is 8.21. The Bertz CT molecular complexity index is 587. The largest absolute Gasteiger partial charge is 0.347 e. The Morgan fingerprint density at radius 3 is 2.95 bits per heavy atom. The Labute approximate surface area is 127 Å². The van der Waals surface area contributed by atoms with Gasteiger partial charge in [-0.2, -0.15) is 0 Å². The molecule has 114 valence electrons. The van der Waals surface area contributed by atoms with Gasteiger partial charge in [0.2, 0.25) is 0 Å². The van der Waals surface area contributed by atoms with Crippen molar-refractivity contribution in [3.63, 3.8) is 0 Å². The van der Waals surface area contributed by atoms with Crippen molar-refractivity contribution in [2.75, 3.05) is 20.6 Å². The number of hydrogen-bond acceptors (Lipinski definition) is 2. The first kappa shape index (κ1) is 14.6. The van der Waals surface area contributed by atoms with E-state index in [2.05, 4.69) is 52.3 Å². The molecule has 1 aromatic carbocycles. The monoisotopic (exact) mass is 285 g/mol. The summed E-state index contributed by atoms with van der Waals surface area (Å²) in [4.78, 5) is 2.55. The van der Waals surface area contributed by atoms with E-state index in [0.29, 0.717) is 0 Å². The molecular formula is C18H27N3. The number of rotatable bonds is 5. The van der Waals surface area contributed by atoms with Crippen molar-refractivity contribution < 1.29 is 0 Å². The van der Waals surface area contributed by atoms with E-state index >= 15 is 0 Å². The van der Waals surface area contributed by atoms with Crippen LogP contribution in [0.25, 0.3) is 10.9 Å². The number of hydrogen-bond donors (Lipinski definition) is 1. The highest BCUT2D eigenvalue weighted by Gasteiger charge is 2.18. The minimum Gasteiger partial charge on any atom is -0.347 e. The predicted octanol–water partition coefficient (Wildman–Crippen LogP) is 3.24. The van der Waals surface area contributed by atoms with Gasteiger partial charge in [-0.1, -0.05) is 24.6 Å². The smallest absolute Gasteiger partial charge is 0.0525 e. The fourth-order valence-corrected chi connectivity index (χ4v) is 3.66. The van der Waals surface area contributed by atoms with Gasteiger partial charge in [0.25, 0.3) is 0 Å². The van der Waals surface area contributed by atoms with Gasteiger partial charge in [-0.15, -0.1) is 0 Å². The lowest BCUT2D eigenvalue weighted by atomic mass is 10.00. The highest BCUT2D eigenvalue weighted by Crippen LogP contribution is 2.23. The highest BCUT2D eigenvalue weighted by molar-refractivity contribution is 5.83. The maximum Gasteiger partial charge on any atom is 0.0525 e. The zero-order valence-electron chi connectivity index (χ0n) is 13.3. The number of nitrogens with one attached hydrogen (secondary N) is 1. The van der Waals surface area contributed by atoms with E-state index in [1.807, 2.05) is 7.05 Å². The van der Waals surface area contributed by atoms with Crippen molar-refractivity contribution in [3.05, 3.63) is 36.0 Å². The van der Waals surface area contributed by atoms with Crippen molar-refractivity contribution in [2.24, 2.45) is 0 Å². The topological polar surface area (TPSA) is 20.2 Å². The van der Waals surface area contributed by atoms with E-state index in [4.69, 9.17) is 0 Å². The normalized spacial score (nSPS) is 20.2. The quantitative estimate of drug-likeness (QED) is 0.910. The standard InChI is InChI=1S/C18H27N3/c1-19-14-16-7-5-6-15-9-12-21(18(15)16)13-10-17-8-3-4-11-20(17)2/h5-7,9,12,17,19H,3-4,8,10-11,13-14H2,1-2H3. The molecule has 3 nitrogen and oxygen atoms in total. The van der Waals surface area contributed by atoms with Crippen LogP contribution >= 0.6 is 0 Å². The number of fused-ring (bicyclic) bond motifs is 1. The van der Waals surface area contributed by atoms with Crippen LogP contribution in [0.15, 0.2) is 30.5 Å². The molecule has 1 fully saturated rings. The van der Waals surface area contributed by atoms with E-state index < -0.39 is 0 Å². The fraction of sp³-hybridized carbons (Fsp3) is 0.556. The maximum atomic E-state index is 3.28. The molecule has 3 heteroatoms. The predicted molar refractivity (Wildman–Crippen MR) is 89.6 cm³/mol. The van der Waals surface area contributed by atoms with Gasteiger partial charge in [-0.3, -0.25) is 0 Å². The number of aryl methyl sites for hydroxylation is 1. The van der Waals surface area contributed by atoms with Crippen LogP contribution in [-0.4, -0.2) is 36.1 Å². The summed E-state index contributed by atoms with van der Waals surface area (Å²) < 4.78 is 2.45. The molecule has 0 amide bonds. The summed E-state index contributed by atoms with van der Waals surface area (Å²) in [5, 5.41) is 4.65. The zero-order chi connectivity index (χ0) is 14.7. The summed E-state index contributed by atoms with van der Waals surface area (Å²) in [6.45, 7) is 3.33. The van der Waals surface area contributed by atoms with Crippen LogP contribution in [0.5, 0.6) is 0 Å². The summed E-state index contributed by atoms with van der Waals surface area (Å²) in [5.74, 6) is 0. The molecular weight excluding hydrogens is 258 g/mol. The van der Waals surface area contributed by atoms with Crippen LogP contribution in [0, 0.1) is 0 Å². The van der Waals surface area contributed by atoms with Crippen LogP contribution < -0.4 is 5.32 Å². The molecule has 1 atom stereocenters. The van der Waals surface area contributed by atoms with Crippen LogP contribution in [0.3, 0.4) is 0 Å². The molecule has 1 aromatic heterocycles. The molecule has 21 heavy (non-hydrogen) atoms. The van der Waals surface area contributed by atoms with Crippen LogP contribution in [0.4, 0.5) is 0 Å². The molecule has 0 bridgehead atoms. The third-order valence-corrected chi connectivity index (χ3v) is 4.86. The minimum absolute atomic E-state index is 0.757. The Hall–Kier alpha value is -1.32. The molecule has 1 aliphatic rings. The molecule has 0 radical (unpaired) electrons. The zero-order valence-corrected chi connectivity index (χ0v) is 13.3. The second-order valence-corrected chi connectivity index (χ2v) is 6.31. The van der Waals surface area contributed by atoms with E-state index in [0.717, 1.165) is 19.1 Å². The van der Waals surface area contributed by atoms with Crippen molar-refractivity contribution in [1.82, 2.24) is 14.8 Å². The number of piperidine rings is 1. The summed E-state index contributed by atoms with van der Waals surface area (Å²) >= 11 is 0. The van der Waals surface area contributed by atoms with Crippen LogP contribution in [0.1, 0.15) is 31.2 Å². The van der Waals surface area contributed by atoms with Gasteiger partial charge in [-0.25, -0.2) is 0 Å². The summed E-state index contributed by atoms with van der Waals surface area (Å²) in [7, 11) is 4.30. The van der Waals surface area contributed by atoms with Crippen LogP contribution in [0.2, 0.25) is 0 Å². The fourth-order valence-electron chi connectivity index (χ4n) is 3.66. The second kappa shape index (κ2) is 6.63. The average Bonchev–Trinajstić information content (AvgIpc) is 2.91. The first-order valence-corrected chi connectivity index (χ1v) is 8.21. The Morgan fingerprint density at radius 1 is 1.24 bits per heavy atom. The van der Waals surface area contributed by atoms with Gasteiger partial charge in [0.15, 0.2) is 0 Å². The molecule has 0 spiro atoms. The third kappa shape index (κ3) is 3.14. The molecule has 1 saturated heterocycles. The number of nitrogens with zero attached hydrogens (tertiary/aromatic N) is 2. The Balaban J connectivity index is 1.77. The number of para-hydroxylation sites is 1.